The Hall–Kier alpha value is -3.12. The number of nitrogens with one attached hydrogen (secondary N) is 1. The van der Waals surface area contributed by atoms with Crippen LogP contribution < -0.4 is 10.1 Å². The Balaban J connectivity index is 1.57. The Morgan fingerprint density at radius 3 is 2.60 bits per heavy atom. The molecule has 0 aliphatic rings. The maximum absolute atomic E-state index is 12.1. The van der Waals surface area contributed by atoms with Crippen molar-refractivity contribution >= 4 is 11.6 Å². The van der Waals surface area contributed by atoms with Crippen LogP contribution >= 0.6 is 0 Å². The van der Waals surface area contributed by atoms with Gasteiger partial charge in [-0.25, -0.2) is 4.98 Å². The highest BCUT2D eigenvalue weighted by molar-refractivity contribution is 5.92. The van der Waals surface area contributed by atoms with Crippen LogP contribution in [0.25, 0.3) is 11.5 Å². The highest BCUT2D eigenvalue weighted by Crippen LogP contribution is 2.19. The molecular formula is C19H18N2O4. The van der Waals surface area contributed by atoms with Gasteiger partial charge in [0.15, 0.2) is 0 Å². The summed E-state index contributed by atoms with van der Waals surface area (Å²) in [5.41, 5.74) is 2.10. The number of oxazole rings is 1. The smallest absolute Gasteiger partial charge is 0.230 e. The van der Waals surface area contributed by atoms with E-state index in [1.807, 2.05) is 30.3 Å². The molecule has 1 heterocycles. The molecular weight excluding hydrogens is 320 g/mol. The molecule has 1 amide bonds. The lowest BCUT2D eigenvalue weighted by molar-refractivity contribution is -0.115. The first-order valence-corrected chi connectivity index (χ1v) is 7.88. The van der Waals surface area contributed by atoms with E-state index in [2.05, 4.69) is 10.3 Å². The van der Waals surface area contributed by atoms with Crippen LogP contribution in [-0.2, 0) is 11.2 Å². The summed E-state index contributed by atoms with van der Waals surface area (Å²) in [6.07, 6.45) is 1.62. The van der Waals surface area contributed by atoms with E-state index in [0.29, 0.717) is 23.0 Å². The molecule has 0 radical (unpaired) electrons. The molecule has 25 heavy (non-hydrogen) atoms. The second-order valence-corrected chi connectivity index (χ2v) is 5.33. The number of rotatable bonds is 7. The molecule has 0 bridgehead atoms. The van der Waals surface area contributed by atoms with Crippen LogP contribution in [0.3, 0.4) is 0 Å². The molecule has 6 heteroatoms. The first-order chi connectivity index (χ1) is 12.2. The normalized spacial score (nSPS) is 10.4. The van der Waals surface area contributed by atoms with E-state index in [1.54, 1.807) is 24.3 Å². The predicted octanol–water partition coefficient (Wildman–Crippen LogP) is 2.89. The van der Waals surface area contributed by atoms with Crippen molar-refractivity contribution in [3.05, 3.63) is 66.6 Å². The fraction of sp³-hybridized carbons (Fsp3) is 0.158. The Bertz CT molecular complexity index is 813. The predicted molar refractivity (Wildman–Crippen MR) is 93.3 cm³/mol. The second-order valence-electron chi connectivity index (χ2n) is 5.33. The summed E-state index contributed by atoms with van der Waals surface area (Å²) in [5.74, 6) is 0.946. The fourth-order valence-electron chi connectivity index (χ4n) is 2.27. The average Bonchev–Trinajstić information content (AvgIpc) is 3.10. The number of hydrogen-bond donors (Lipinski definition) is 2. The summed E-state index contributed by atoms with van der Waals surface area (Å²) in [7, 11) is 0. The van der Waals surface area contributed by atoms with Crippen LogP contribution in [-0.4, -0.2) is 29.2 Å². The minimum Gasteiger partial charge on any atom is -0.491 e. The lowest BCUT2D eigenvalue weighted by Gasteiger charge is -2.06. The van der Waals surface area contributed by atoms with Crippen LogP contribution in [0.2, 0.25) is 0 Å². The SMILES string of the molecule is O=C(Cc1coc(-c2ccccc2)n1)Nc1ccc(OCCO)cc1. The van der Waals surface area contributed by atoms with E-state index < -0.39 is 0 Å². The van der Waals surface area contributed by atoms with Gasteiger partial charge in [0.05, 0.1) is 18.7 Å². The van der Waals surface area contributed by atoms with Crippen molar-refractivity contribution < 1.29 is 19.1 Å². The van der Waals surface area contributed by atoms with Gasteiger partial charge in [-0.2, -0.15) is 0 Å². The van der Waals surface area contributed by atoms with E-state index in [0.717, 1.165) is 5.56 Å². The standard InChI is InChI=1S/C19H18N2O4/c22-10-11-24-17-8-6-15(7-9-17)20-18(23)12-16-13-25-19(21-16)14-4-2-1-3-5-14/h1-9,13,22H,10-12H2,(H,20,23). The molecule has 0 aliphatic carbocycles. The zero-order valence-corrected chi connectivity index (χ0v) is 13.5. The number of nitrogens with zero attached hydrogens (tertiary/aromatic N) is 1. The van der Waals surface area contributed by atoms with Crippen molar-refractivity contribution in [3.8, 4) is 17.2 Å². The minimum absolute atomic E-state index is 0.0405. The van der Waals surface area contributed by atoms with Crippen molar-refractivity contribution in [1.82, 2.24) is 4.98 Å². The van der Waals surface area contributed by atoms with Crippen LogP contribution in [0, 0.1) is 0 Å². The van der Waals surface area contributed by atoms with Gasteiger partial charge < -0.3 is 19.6 Å². The molecule has 0 unspecified atom stereocenters. The van der Waals surface area contributed by atoms with Gasteiger partial charge in [0.2, 0.25) is 11.8 Å². The van der Waals surface area contributed by atoms with E-state index >= 15 is 0 Å². The van der Waals surface area contributed by atoms with E-state index in [1.165, 1.54) is 6.26 Å². The Morgan fingerprint density at radius 2 is 1.88 bits per heavy atom. The van der Waals surface area contributed by atoms with Gasteiger partial charge >= 0.3 is 0 Å². The van der Waals surface area contributed by atoms with Gasteiger partial charge in [0.25, 0.3) is 0 Å². The number of amides is 1. The number of hydrogen-bond acceptors (Lipinski definition) is 5. The Kier molecular flexibility index (Phi) is 5.43. The number of carbonyl (C=O) groups is 1. The Labute approximate surface area is 145 Å². The zero-order valence-electron chi connectivity index (χ0n) is 13.5. The highest BCUT2D eigenvalue weighted by atomic mass is 16.5. The van der Waals surface area contributed by atoms with Crippen LogP contribution in [0.5, 0.6) is 5.75 Å². The minimum atomic E-state index is -0.183. The van der Waals surface area contributed by atoms with Gasteiger partial charge in [-0.3, -0.25) is 4.79 Å². The monoisotopic (exact) mass is 338 g/mol. The summed E-state index contributed by atoms with van der Waals surface area (Å²) in [6, 6.07) is 16.5. The number of ether oxygens (including phenoxy) is 1. The highest BCUT2D eigenvalue weighted by Gasteiger charge is 2.10. The molecule has 3 rings (SSSR count). The average molecular weight is 338 g/mol. The summed E-state index contributed by atoms with van der Waals surface area (Å²) in [4.78, 5) is 16.5. The molecule has 3 aromatic rings. The molecule has 0 spiro atoms. The molecule has 2 aromatic carbocycles. The summed E-state index contributed by atoms with van der Waals surface area (Å²) >= 11 is 0. The maximum atomic E-state index is 12.1. The summed E-state index contributed by atoms with van der Waals surface area (Å²) < 4.78 is 10.7. The third-order valence-electron chi connectivity index (χ3n) is 3.41. The van der Waals surface area contributed by atoms with Crippen LogP contribution in [0.1, 0.15) is 5.69 Å². The number of carbonyl (C=O) groups excluding carboxylic acids is 1. The number of anilines is 1. The number of aromatic nitrogens is 1. The summed E-state index contributed by atoms with van der Waals surface area (Å²) in [5, 5.41) is 11.5. The molecule has 0 atom stereocenters. The first kappa shape index (κ1) is 16.7. The Morgan fingerprint density at radius 1 is 1.12 bits per heavy atom. The third kappa shape index (κ3) is 4.68. The second kappa shape index (κ2) is 8.12. The molecule has 0 saturated heterocycles. The number of aliphatic hydroxyl groups is 1. The topological polar surface area (TPSA) is 84.6 Å². The van der Waals surface area contributed by atoms with Gasteiger partial charge in [0, 0.05) is 11.3 Å². The van der Waals surface area contributed by atoms with Gasteiger partial charge in [0.1, 0.15) is 18.6 Å². The van der Waals surface area contributed by atoms with Crippen molar-refractivity contribution in [2.24, 2.45) is 0 Å². The lowest BCUT2D eigenvalue weighted by Crippen LogP contribution is -2.14. The largest absolute Gasteiger partial charge is 0.491 e. The third-order valence-corrected chi connectivity index (χ3v) is 3.41. The fourth-order valence-corrected chi connectivity index (χ4v) is 2.27. The quantitative estimate of drug-likeness (QED) is 0.692. The van der Waals surface area contributed by atoms with E-state index in [-0.39, 0.29) is 25.5 Å². The van der Waals surface area contributed by atoms with Gasteiger partial charge in [-0.1, -0.05) is 18.2 Å². The van der Waals surface area contributed by atoms with Gasteiger partial charge in [-0.05, 0) is 36.4 Å². The maximum Gasteiger partial charge on any atom is 0.230 e. The van der Waals surface area contributed by atoms with Crippen molar-refractivity contribution in [2.45, 2.75) is 6.42 Å². The van der Waals surface area contributed by atoms with Crippen molar-refractivity contribution in [1.29, 1.82) is 0 Å². The molecule has 0 saturated carbocycles. The van der Waals surface area contributed by atoms with E-state index in [9.17, 15) is 4.79 Å². The van der Waals surface area contributed by atoms with Crippen LogP contribution in [0.15, 0.2) is 65.3 Å². The molecule has 1 aromatic heterocycles. The molecule has 6 nitrogen and oxygen atoms in total. The van der Waals surface area contributed by atoms with Crippen LogP contribution in [0.4, 0.5) is 5.69 Å². The first-order valence-electron chi connectivity index (χ1n) is 7.88. The van der Waals surface area contributed by atoms with Crippen molar-refractivity contribution in [2.75, 3.05) is 18.5 Å². The summed E-state index contributed by atoms with van der Waals surface area (Å²) in [6.45, 7) is 0.197. The van der Waals surface area contributed by atoms with Gasteiger partial charge in [-0.15, -0.1) is 0 Å². The van der Waals surface area contributed by atoms with Crippen molar-refractivity contribution in [3.63, 3.8) is 0 Å². The van der Waals surface area contributed by atoms with E-state index in [4.69, 9.17) is 14.3 Å². The number of aliphatic hydroxyl groups excluding tert-OH is 1. The number of benzene rings is 2. The lowest BCUT2D eigenvalue weighted by atomic mass is 10.2. The molecule has 128 valence electrons. The molecule has 0 fully saturated rings. The molecule has 0 aliphatic heterocycles. The molecule has 2 N–H and O–H groups in total. The zero-order chi connectivity index (χ0) is 17.5.